The summed E-state index contributed by atoms with van der Waals surface area (Å²) in [6, 6.07) is 13.5. The van der Waals surface area contributed by atoms with E-state index in [1.807, 2.05) is 17.5 Å². The standard InChI is InChI=1S/C22H29N3OS/c1-14(2)19(16-9-11-17(12-10-16)22(4,5)6)23-15(3)20-24-25-21(26-20)18-8-7-13-27-18/h7-15,19,23H,1-6H3/p+1/t15-,19+/m1/s1. The first-order chi connectivity index (χ1) is 12.8. The highest BCUT2D eigenvalue weighted by Crippen LogP contribution is 2.27. The Morgan fingerprint density at radius 3 is 2.26 bits per heavy atom. The molecule has 0 saturated heterocycles. The van der Waals surface area contributed by atoms with Gasteiger partial charge in [0.1, 0.15) is 6.04 Å². The summed E-state index contributed by atoms with van der Waals surface area (Å²) < 4.78 is 5.93. The van der Waals surface area contributed by atoms with Gasteiger partial charge in [-0.3, -0.25) is 0 Å². The zero-order valence-corrected chi connectivity index (χ0v) is 17.9. The Kier molecular flexibility index (Phi) is 5.82. The second kappa shape index (κ2) is 7.95. The molecule has 0 amide bonds. The van der Waals surface area contributed by atoms with E-state index in [4.69, 9.17) is 4.42 Å². The topological polar surface area (TPSA) is 55.5 Å². The largest absolute Gasteiger partial charge is 0.414 e. The zero-order chi connectivity index (χ0) is 19.6. The Hall–Kier alpha value is -1.98. The molecule has 0 aliphatic heterocycles. The summed E-state index contributed by atoms with van der Waals surface area (Å²) in [7, 11) is 0. The molecule has 0 fully saturated rings. The molecule has 3 rings (SSSR count). The highest BCUT2D eigenvalue weighted by atomic mass is 32.1. The molecule has 1 aromatic carbocycles. The summed E-state index contributed by atoms with van der Waals surface area (Å²) in [4.78, 5) is 1.01. The molecule has 3 aromatic rings. The van der Waals surface area contributed by atoms with Gasteiger partial charge in [0.05, 0.1) is 4.88 Å². The van der Waals surface area contributed by atoms with Gasteiger partial charge in [0.2, 0.25) is 0 Å². The minimum Gasteiger partial charge on any atom is -0.414 e. The molecule has 0 radical (unpaired) electrons. The van der Waals surface area contributed by atoms with E-state index in [9.17, 15) is 0 Å². The number of hydrogen-bond acceptors (Lipinski definition) is 4. The van der Waals surface area contributed by atoms with E-state index >= 15 is 0 Å². The third kappa shape index (κ3) is 4.66. The van der Waals surface area contributed by atoms with Crippen LogP contribution < -0.4 is 5.32 Å². The lowest BCUT2D eigenvalue weighted by molar-refractivity contribution is -0.739. The second-order valence-electron chi connectivity index (χ2n) is 8.55. The Balaban J connectivity index is 1.76. The molecule has 0 aliphatic carbocycles. The molecule has 2 aromatic heterocycles. The zero-order valence-electron chi connectivity index (χ0n) is 17.1. The maximum atomic E-state index is 5.93. The van der Waals surface area contributed by atoms with Crippen LogP contribution in [0.3, 0.4) is 0 Å². The predicted molar refractivity (Wildman–Crippen MR) is 111 cm³/mol. The molecule has 5 heteroatoms. The smallest absolute Gasteiger partial charge is 0.274 e. The number of benzene rings is 1. The van der Waals surface area contributed by atoms with Gasteiger partial charge in [-0.25, -0.2) is 0 Å². The van der Waals surface area contributed by atoms with E-state index in [1.54, 1.807) is 11.3 Å². The number of nitrogens with zero attached hydrogens (tertiary/aromatic N) is 2. The summed E-state index contributed by atoms with van der Waals surface area (Å²) in [5, 5.41) is 12.9. The summed E-state index contributed by atoms with van der Waals surface area (Å²) in [6.07, 6.45) is 0. The van der Waals surface area contributed by atoms with E-state index in [2.05, 4.69) is 81.3 Å². The van der Waals surface area contributed by atoms with E-state index in [0.29, 0.717) is 23.7 Å². The lowest BCUT2D eigenvalue weighted by atomic mass is 9.85. The van der Waals surface area contributed by atoms with Crippen molar-refractivity contribution in [2.45, 2.75) is 59.0 Å². The van der Waals surface area contributed by atoms with Crippen LogP contribution >= 0.6 is 11.3 Å². The third-order valence-corrected chi connectivity index (χ3v) is 5.80. The van der Waals surface area contributed by atoms with Gasteiger partial charge >= 0.3 is 0 Å². The number of aromatic nitrogens is 2. The minimum absolute atomic E-state index is 0.0981. The third-order valence-electron chi connectivity index (χ3n) is 4.94. The Bertz CT molecular complexity index is 845. The van der Waals surface area contributed by atoms with Crippen LogP contribution in [0.4, 0.5) is 0 Å². The van der Waals surface area contributed by atoms with Crippen molar-refractivity contribution in [3.63, 3.8) is 0 Å². The van der Waals surface area contributed by atoms with Crippen molar-refractivity contribution in [3.8, 4) is 10.8 Å². The van der Waals surface area contributed by atoms with Crippen LogP contribution in [0.15, 0.2) is 46.2 Å². The van der Waals surface area contributed by atoms with Crippen molar-refractivity contribution < 1.29 is 9.73 Å². The first-order valence-electron chi connectivity index (χ1n) is 9.58. The fourth-order valence-electron chi connectivity index (χ4n) is 3.24. The number of quaternary nitrogens is 1. The highest BCUT2D eigenvalue weighted by Gasteiger charge is 2.26. The molecular formula is C22H30N3OS+. The molecule has 0 aliphatic rings. The molecular weight excluding hydrogens is 354 g/mol. The monoisotopic (exact) mass is 384 g/mol. The molecule has 2 N–H and O–H groups in total. The van der Waals surface area contributed by atoms with E-state index in [1.165, 1.54) is 11.1 Å². The normalized spacial score (nSPS) is 14.5. The average molecular weight is 385 g/mol. The maximum Gasteiger partial charge on any atom is 0.274 e. The predicted octanol–water partition coefficient (Wildman–Crippen LogP) is 5.12. The molecule has 2 atom stereocenters. The van der Waals surface area contributed by atoms with Gasteiger partial charge in [0.15, 0.2) is 6.04 Å². The molecule has 0 saturated carbocycles. The van der Waals surface area contributed by atoms with Crippen molar-refractivity contribution in [1.82, 2.24) is 10.2 Å². The molecule has 0 unspecified atom stereocenters. The summed E-state index contributed by atoms with van der Waals surface area (Å²) in [5.74, 6) is 1.78. The fraction of sp³-hybridized carbons (Fsp3) is 0.455. The summed E-state index contributed by atoms with van der Waals surface area (Å²) in [6.45, 7) is 13.4. The van der Waals surface area contributed by atoms with Crippen molar-refractivity contribution in [3.05, 3.63) is 58.8 Å². The van der Waals surface area contributed by atoms with Gasteiger partial charge in [0, 0.05) is 11.5 Å². The number of thiophene rings is 1. The van der Waals surface area contributed by atoms with Crippen LogP contribution in [0.2, 0.25) is 0 Å². The van der Waals surface area contributed by atoms with E-state index in [-0.39, 0.29) is 11.5 Å². The van der Waals surface area contributed by atoms with Crippen LogP contribution in [-0.2, 0) is 5.41 Å². The van der Waals surface area contributed by atoms with Crippen molar-refractivity contribution in [2.75, 3.05) is 0 Å². The Morgan fingerprint density at radius 2 is 1.70 bits per heavy atom. The van der Waals surface area contributed by atoms with Gasteiger partial charge in [0.25, 0.3) is 11.8 Å². The lowest BCUT2D eigenvalue weighted by Gasteiger charge is -2.24. The van der Waals surface area contributed by atoms with Crippen LogP contribution in [0.1, 0.15) is 70.6 Å². The van der Waals surface area contributed by atoms with Crippen molar-refractivity contribution in [2.24, 2.45) is 5.92 Å². The SMILES string of the molecule is CC(C)[C@H]([NH2+][C@H](C)c1nnc(-c2cccs2)o1)c1ccc(C(C)(C)C)cc1. The van der Waals surface area contributed by atoms with Crippen LogP contribution in [0.25, 0.3) is 10.8 Å². The summed E-state index contributed by atoms with van der Waals surface area (Å²) in [5.41, 5.74) is 2.87. The number of nitrogens with two attached hydrogens (primary N) is 1. The molecule has 0 bridgehead atoms. The van der Waals surface area contributed by atoms with Crippen LogP contribution in [-0.4, -0.2) is 10.2 Å². The number of hydrogen-bond donors (Lipinski definition) is 1. The second-order valence-corrected chi connectivity index (χ2v) is 9.49. The quantitative estimate of drug-likeness (QED) is 0.642. The molecule has 27 heavy (non-hydrogen) atoms. The van der Waals surface area contributed by atoms with Crippen molar-refractivity contribution in [1.29, 1.82) is 0 Å². The highest BCUT2D eigenvalue weighted by molar-refractivity contribution is 7.13. The Morgan fingerprint density at radius 1 is 1.00 bits per heavy atom. The van der Waals surface area contributed by atoms with E-state index in [0.717, 1.165) is 4.88 Å². The maximum absolute atomic E-state index is 5.93. The van der Waals surface area contributed by atoms with Gasteiger partial charge in [-0.1, -0.05) is 65.0 Å². The van der Waals surface area contributed by atoms with Gasteiger partial charge in [-0.2, -0.15) is 0 Å². The fourth-order valence-corrected chi connectivity index (χ4v) is 3.88. The van der Waals surface area contributed by atoms with Crippen LogP contribution in [0, 0.1) is 5.92 Å². The first kappa shape index (κ1) is 19.8. The van der Waals surface area contributed by atoms with Gasteiger partial charge in [-0.15, -0.1) is 21.5 Å². The van der Waals surface area contributed by atoms with E-state index < -0.39 is 0 Å². The average Bonchev–Trinajstić information content (AvgIpc) is 3.29. The minimum atomic E-state index is 0.0981. The Labute approximate surface area is 166 Å². The number of rotatable bonds is 6. The van der Waals surface area contributed by atoms with Gasteiger partial charge < -0.3 is 9.73 Å². The molecule has 2 heterocycles. The van der Waals surface area contributed by atoms with Gasteiger partial charge in [-0.05, 0) is 29.3 Å². The summed E-state index contributed by atoms with van der Waals surface area (Å²) >= 11 is 1.61. The molecule has 144 valence electrons. The van der Waals surface area contributed by atoms with Crippen LogP contribution in [0.5, 0.6) is 0 Å². The molecule has 0 spiro atoms. The lowest BCUT2D eigenvalue weighted by Crippen LogP contribution is -2.86. The molecule has 4 nitrogen and oxygen atoms in total. The first-order valence-corrected chi connectivity index (χ1v) is 10.5. The van der Waals surface area contributed by atoms with Crippen molar-refractivity contribution >= 4 is 11.3 Å².